The molecule has 0 aliphatic carbocycles. The van der Waals surface area contributed by atoms with Gasteiger partial charge in [0.1, 0.15) is 5.60 Å². The highest BCUT2D eigenvalue weighted by atomic mass is 127. The molecule has 3 aromatic rings. The summed E-state index contributed by atoms with van der Waals surface area (Å²) < 4.78 is 5.92. The van der Waals surface area contributed by atoms with E-state index in [-0.39, 0.29) is 24.0 Å². The van der Waals surface area contributed by atoms with E-state index in [4.69, 9.17) is 9.73 Å². The van der Waals surface area contributed by atoms with E-state index in [2.05, 4.69) is 34.9 Å². The van der Waals surface area contributed by atoms with Crippen molar-refractivity contribution in [2.75, 3.05) is 13.1 Å². The van der Waals surface area contributed by atoms with Crippen molar-refractivity contribution in [3.63, 3.8) is 0 Å². The van der Waals surface area contributed by atoms with Gasteiger partial charge in [-0.05, 0) is 42.0 Å². The maximum atomic E-state index is 10.8. The fourth-order valence-corrected chi connectivity index (χ4v) is 3.93. The molecule has 0 aliphatic rings. The zero-order valence-electron chi connectivity index (χ0n) is 18.6. The van der Waals surface area contributed by atoms with E-state index in [0.29, 0.717) is 32.3 Å². The third-order valence-electron chi connectivity index (χ3n) is 4.89. The van der Waals surface area contributed by atoms with Gasteiger partial charge in [0.25, 0.3) is 0 Å². The standard InChI is InChI=1S/C25H31N3O2S.HI/c1-3-26-24(28-19-25(2,29)23-14-9-15-31-23)27-16-21-12-7-8-13-22(21)18-30-17-20-10-5-4-6-11-20;/h4-15,29H,3,16-19H2,1-2H3,(H2,26,27,28);1H. The summed E-state index contributed by atoms with van der Waals surface area (Å²) in [5, 5.41) is 19.3. The van der Waals surface area contributed by atoms with Gasteiger partial charge in [0.2, 0.25) is 0 Å². The molecule has 0 aliphatic heterocycles. The van der Waals surface area contributed by atoms with E-state index in [1.165, 1.54) is 0 Å². The smallest absolute Gasteiger partial charge is 0.191 e. The lowest BCUT2D eigenvalue weighted by atomic mass is 10.1. The Labute approximate surface area is 212 Å². The predicted octanol–water partition coefficient (Wildman–Crippen LogP) is 5.05. The maximum Gasteiger partial charge on any atom is 0.191 e. The third-order valence-corrected chi connectivity index (χ3v) is 6.01. The molecule has 5 nitrogen and oxygen atoms in total. The SMILES string of the molecule is CCNC(=NCc1ccccc1COCc1ccccc1)NCC(C)(O)c1cccs1.I. The lowest BCUT2D eigenvalue weighted by Crippen LogP contribution is -2.44. The normalized spacial score (nSPS) is 13.2. The highest BCUT2D eigenvalue weighted by Gasteiger charge is 2.24. The minimum absolute atomic E-state index is 0. The van der Waals surface area contributed by atoms with Crippen molar-refractivity contribution >= 4 is 41.3 Å². The number of rotatable bonds is 10. The van der Waals surface area contributed by atoms with Crippen molar-refractivity contribution in [3.8, 4) is 0 Å². The van der Waals surface area contributed by atoms with Crippen LogP contribution < -0.4 is 10.6 Å². The van der Waals surface area contributed by atoms with Gasteiger partial charge in [0.15, 0.2) is 5.96 Å². The molecule has 1 unspecified atom stereocenters. The van der Waals surface area contributed by atoms with E-state index in [0.717, 1.165) is 28.1 Å². The number of aliphatic hydroxyl groups is 1. The van der Waals surface area contributed by atoms with Gasteiger partial charge in [-0.3, -0.25) is 0 Å². The Kier molecular flexibility index (Phi) is 11.2. The van der Waals surface area contributed by atoms with Crippen molar-refractivity contribution in [1.29, 1.82) is 0 Å². The number of ether oxygens (including phenoxy) is 1. The lowest BCUT2D eigenvalue weighted by Gasteiger charge is -2.23. The predicted molar refractivity (Wildman–Crippen MR) is 144 cm³/mol. The monoisotopic (exact) mass is 565 g/mol. The Morgan fingerprint density at radius 2 is 1.69 bits per heavy atom. The summed E-state index contributed by atoms with van der Waals surface area (Å²) in [5.74, 6) is 0.680. The molecule has 0 amide bonds. The summed E-state index contributed by atoms with van der Waals surface area (Å²) in [7, 11) is 0. The maximum absolute atomic E-state index is 10.8. The average molecular weight is 566 g/mol. The summed E-state index contributed by atoms with van der Waals surface area (Å²) >= 11 is 1.55. The molecule has 0 saturated carbocycles. The van der Waals surface area contributed by atoms with E-state index < -0.39 is 5.60 Å². The number of hydrogen-bond acceptors (Lipinski definition) is 4. The quantitative estimate of drug-likeness (QED) is 0.183. The zero-order valence-corrected chi connectivity index (χ0v) is 21.7. The Balaban J connectivity index is 0.00000363. The van der Waals surface area contributed by atoms with Crippen LogP contribution in [-0.4, -0.2) is 24.2 Å². The second-order valence-electron chi connectivity index (χ2n) is 7.55. The summed E-state index contributed by atoms with van der Waals surface area (Å²) in [4.78, 5) is 5.65. The topological polar surface area (TPSA) is 65.9 Å². The number of guanidine groups is 1. The molecule has 1 atom stereocenters. The van der Waals surface area contributed by atoms with Crippen molar-refractivity contribution in [2.24, 2.45) is 4.99 Å². The Hall–Kier alpha value is -1.94. The van der Waals surface area contributed by atoms with Crippen LogP contribution in [0.3, 0.4) is 0 Å². The zero-order chi connectivity index (χ0) is 21.9. The molecular weight excluding hydrogens is 533 g/mol. The first-order valence-corrected chi connectivity index (χ1v) is 11.4. The average Bonchev–Trinajstić information content (AvgIpc) is 3.33. The van der Waals surface area contributed by atoms with Gasteiger partial charge in [-0.2, -0.15) is 0 Å². The number of benzene rings is 2. The molecule has 0 radical (unpaired) electrons. The Morgan fingerprint density at radius 1 is 0.969 bits per heavy atom. The van der Waals surface area contributed by atoms with Crippen LogP contribution in [0, 0.1) is 0 Å². The van der Waals surface area contributed by atoms with Crippen molar-refractivity contribution in [1.82, 2.24) is 10.6 Å². The van der Waals surface area contributed by atoms with E-state index >= 15 is 0 Å². The molecule has 1 heterocycles. The molecule has 0 spiro atoms. The molecule has 7 heteroatoms. The van der Waals surface area contributed by atoms with Crippen LogP contribution in [0.25, 0.3) is 0 Å². The Bertz CT molecular complexity index is 947. The molecule has 3 N–H and O–H groups in total. The first kappa shape index (κ1) is 26.3. The molecule has 172 valence electrons. The molecule has 3 rings (SSSR count). The molecule has 0 fully saturated rings. The van der Waals surface area contributed by atoms with E-state index in [1.54, 1.807) is 11.3 Å². The third kappa shape index (κ3) is 8.20. The minimum Gasteiger partial charge on any atom is -0.383 e. The molecule has 1 aromatic heterocycles. The van der Waals surface area contributed by atoms with Crippen LogP contribution in [0.2, 0.25) is 0 Å². The van der Waals surface area contributed by atoms with Gasteiger partial charge in [-0.1, -0.05) is 60.7 Å². The molecular formula is C25H32IN3O2S. The highest BCUT2D eigenvalue weighted by molar-refractivity contribution is 14.0. The first-order valence-electron chi connectivity index (χ1n) is 10.6. The van der Waals surface area contributed by atoms with Gasteiger partial charge in [-0.15, -0.1) is 35.3 Å². The second kappa shape index (κ2) is 13.6. The number of halogens is 1. The van der Waals surface area contributed by atoms with Crippen molar-refractivity contribution in [3.05, 3.63) is 93.7 Å². The Morgan fingerprint density at radius 3 is 2.38 bits per heavy atom. The highest BCUT2D eigenvalue weighted by Crippen LogP contribution is 2.24. The van der Waals surface area contributed by atoms with E-state index in [9.17, 15) is 5.11 Å². The number of thiophene rings is 1. The lowest BCUT2D eigenvalue weighted by molar-refractivity contribution is 0.0655. The molecule has 0 saturated heterocycles. The molecule has 2 aromatic carbocycles. The summed E-state index contributed by atoms with van der Waals surface area (Å²) in [6.45, 7) is 6.62. The largest absolute Gasteiger partial charge is 0.383 e. The van der Waals surface area contributed by atoms with Gasteiger partial charge < -0.3 is 20.5 Å². The fraction of sp³-hybridized carbons (Fsp3) is 0.320. The summed E-state index contributed by atoms with van der Waals surface area (Å²) in [6.07, 6.45) is 0. The number of hydrogen-bond donors (Lipinski definition) is 3. The number of aliphatic imine (C=N–C) groups is 1. The number of nitrogens with one attached hydrogen (secondary N) is 2. The van der Waals surface area contributed by atoms with Crippen LogP contribution in [0.15, 0.2) is 77.1 Å². The fourth-order valence-electron chi connectivity index (χ4n) is 3.14. The van der Waals surface area contributed by atoms with Gasteiger partial charge in [0.05, 0.1) is 26.3 Å². The first-order chi connectivity index (χ1) is 15.1. The van der Waals surface area contributed by atoms with Crippen molar-refractivity contribution in [2.45, 2.75) is 39.2 Å². The van der Waals surface area contributed by atoms with Crippen molar-refractivity contribution < 1.29 is 9.84 Å². The summed E-state index contributed by atoms with van der Waals surface area (Å²) in [6, 6.07) is 22.3. The van der Waals surface area contributed by atoms with Gasteiger partial charge in [-0.25, -0.2) is 4.99 Å². The summed E-state index contributed by atoms with van der Waals surface area (Å²) in [5.41, 5.74) is 2.46. The van der Waals surface area contributed by atoms with Crippen LogP contribution >= 0.6 is 35.3 Å². The van der Waals surface area contributed by atoms with Crippen LogP contribution in [0.5, 0.6) is 0 Å². The minimum atomic E-state index is -0.951. The van der Waals surface area contributed by atoms with Crippen LogP contribution in [0.4, 0.5) is 0 Å². The van der Waals surface area contributed by atoms with Crippen LogP contribution in [0.1, 0.15) is 35.4 Å². The number of nitrogens with zero attached hydrogens (tertiary/aromatic N) is 1. The molecule has 0 bridgehead atoms. The molecule has 32 heavy (non-hydrogen) atoms. The van der Waals surface area contributed by atoms with Gasteiger partial charge >= 0.3 is 0 Å². The van der Waals surface area contributed by atoms with E-state index in [1.807, 2.05) is 61.7 Å². The van der Waals surface area contributed by atoms with Gasteiger partial charge in [0, 0.05) is 11.4 Å². The van der Waals surface area contributed by atoms with Crippen LogP contribution in [-0.2, 0) is 30.1 Å². The second-order valence-corrected chi connectivity index (χ2v) is 8.49.